The highest BCUT2D eigenvalue weighted by atomic mass is 32.2. The fourth-order valence-corrected chi connectivity index (χ4v) is 7.17. The summed E-state index contributed by atoms with van der Waals surface area (Å²) in [5, 5.41) is -0.0119. The molecule has 11 heteroatoms. The molecule has 0 amide bonds. The summed E-state index contributed by atoms with van der Waals surface area (Å²) in [6.45, 7) is 2.80. The average molecular weight is 419 g/mol. The van der Waals surface area contributed by atoms with Gasteiger partial charge in [0.1, 0.15) is 4.21 Å². The van der Waals surface area contributed by atoms with E-state index < -0.39 is 20.0 Å². The van der Waals surface area contributed by atoms with Gasteiger partial charge in [0.2, 0.25) is 0 Å². The van der Waals surface area contributed by atoms with Crippen molar-refractivity contribution >= 4 is 31.4 Å². The van der Waals surface area contributed by atoms with E-state index in [9.17, 15) is 16.8 Å². The Morgan fingerprint density at radius 1 is 1.04 bits per heavy atom. The van der Waals surface area contributed by atoms with Crippen LogP contribution in [0.25, 0.3) is 0 Å². The molecule has 3 heterocycles. The van der Waals surface area contributed by atoms with Crippen LogP contribution in [0, 0.1) is 0 Å². The molecule has 144 valence electrons. The summed E-state index contributed by atoms with van der Waals surface area (Å²) >= 11 is 1.27. The van der Waals surface area contributed by atoms with Crippen molar-refractivity contribution in [2.75, 3.05) is 26.2 Å². The highest BCUT2D eigenvalue weighted by Crippen LogP contribution is 2.26. The predicted octanol–water partition coefficient (Wildman–Crippen LogP) is 1.13. The molecule has 1 aliphatic rings. The first-order valence-corrected chi connectivity index (χ1v) is 12.0. The summed E-state index contributed by atoms with van der Waals surface area (Å²) in [5.41, 5.74) is 0. The van der Waals surface area contributed by atoms with Gasteiger partial charge in [-0.3, -0.25) is 0 Å². The minimum atomic E-state index is -3.72. The van der Waals surface area contributed by atoms with Crippen LogP contribution >= 0.6 is 11.3 Å². The van der Waals surface area contributed by atoms with Crippen LogP contribution in [0.4, 0.5) is 0 Å². The lowest BCUT2D eigenvalue weighted by Gasteiger charge is -2.20. The van der Waals surface area contributed by atoms with Crippen molar-refractivity contribution < 1.29 is 16.8 Å². The number of aryl methyl sites for hydroxylation is 2. The van der Waals surface area contributed by atoms with Crippen LogP contribution < -0.4 is 0 Å². The van der Waals surface area contributed by atoms with E-state index in [4.69, 9.17) is 0 Å². The van der Waals surface area contributed by atoms with Crippen molar-refractivity contribution in [3.05, 3.63) is 29.5 Å². The van der Waals surface area contributed by atoms with E-state index in [1.807, 2.05) is 13.0 Å². The minimum absolute atomic E-state index is 0.0119. The number of hydrogen-bond acceptors (Lipinski definition) is 6. The largest absolute Gasteiger partial charge is 0.339 e. The molecular formula is C15H22N4O4S3. The van der Waals surface area contributed by atoms with Crippen molar-refractivity contribution in [3.8, 4) is 0 Å². The molecule has 0 atom stereocenters. The number of imidazole rings is 1. The zero-order valence-corrected chi connectivity index (χ0v) is 17.1. The summed E-state index contributed by atoms with van der Waals surface area (Å²) in [7, 11) is -5.61. The van der Waals surface area contributed by atoms with Crippen molar-refractivity contribution in [3.63, 3.8) is 0 Å². The van der Waals surface area contributed by atoms with Crippen LogP contribution in [-0.4, -0.2) is 61.2 Å². The highest BCUT2D eigenvalue weighted by Gasteiger charge is 2.33. The fourth-order valence-electron chi connectivity index (χ4n) is 2.82. The molecule has 8 nitrogen and oxygen atoms in total. The molecule has 1 saturated heterocycles. The molecule has 1 fully saturated rings. The predicted molar refractivity (Wildman–Crippen MR) is 99.0 cm³/mol. The van der Waals surface area contributed by atoms with Crippen molar-refractivity contribution in [1.82, 2.24) is 18.2 Å². The monoisotopic (exact) mass is 418 g/mol. The molecule has 26 heavy (non-hydrogen) atoms. The third-order valence-corrected chi connectivity index (χ3v) is 9.66. The number of sulfonamides is 2. The van der Waals surface area contributed by atoms with Gasteiger partial charge in [0.15, 0.2) is 5.03 Å². The van der Waals surface area contributed by atoms with E-state index in [0.29, 0.717) is 17.2 Å². The summed E-state index contributed by atoms with van der Waals surface area (Å²) in [6, 6.07) is 3.46. The summed E-state index contributed by atoms with van der Waals surface area (Å²) < 4.78 is 55.7. The topological polar surface area (TPSA) is 92.6 Å². The Hall–Kier alpha value is -1.27. The third-order valence-electron chi connectivity index (χ3n) is 4.28. The molecule has 0 aliphatic carbocycles. The van der Waals surface area contributed by atoms with Gasteiger partial charge in [0.05, 0.1) is 6.33 Å². The Morgan fingerprint density at radius 2 is 1.69 bits per heavy atom. The van der Waals surface area contributed by atoms with Gasteiger partial charge in [-0.2, -0.15) is 8.61 Å². The van der Waals surface area contributed by atoms with E-state index in [1.54, 1.807) is 17.7 Å². The first-order chi connectivity index (χ1) is 12.2. The van der Waals surface area contributed by atoms with Crippen LogP contribution in [-0.2, 0) is 33.5 Å². The number of aromatic nitrogens is 2. The Balaban J connectivity index is 1.78. The number of hydrogen-bond donors (Lipinski definition) is 0. The fraction of sp³-hybridized carbons (Fsp3) is 0.533. The summed E-state index contributed by atoms with van der Waals surface area (Å²) in [6.07, 6.45) is 4.11. The Kier molecular flexibility index (Phi) is 5.54. The van der Waals surface area contributed by atoms with Gasteiger partial charge >= 0.3 is 0 Å². The molecule has 0 bridgehead atoms. The average Bonchev–Trinajstić information content (AvgIpc) is 3.17. The number of rotatable bonds is 5. The van der Waals surface area contributed by atoms with Gasteiger partial charge in [0.25, 0.3) is 20.0 Å². The van der Waals surface area contributed by atoms with Gasteiger partial charge in [-0.25, -0.2) is 21.8 Å². The number of thiophene rings is 1. The Labute approximate surface area is 158 Å². The first kappa shape index (κ1) is 19.5. The SMILES string of the molecule is CCc1ccc(S(=O)(=O)N2CCCN(S(=O)(=O)c3cn(C)cn3)CC2)s1. The van der Waals surface area contributed by atoms with Crippen LogP contribution in [0.5, 0.6) is 0 Å². The molecule has 2 aromatic rings. The van der Waals surface area contributed by atoms with Crippen molar-refractivity contribution in [2.24, 2.45) is 7.05 Å². The molecule has 0 spiro atoms. The maximum absolute atomic E-state index is 12.9. The molecule has 0 saturated carbocycles. The van der Waals surface area contributed by atoms with Gasteiger partial charge < -0.3 is 4.57 Å². The van der Waals surface area contributed by atoms with Crippen molar-refractivity contribution in [2.45, 2.75) is 29.0 Å². The minimum Gasteiger partial charge on any atom is -0.339 e. The van der Waals surface area contributed by atoms with E-state index in [-0.39, 0.29) is 24.7 Å². The van der Waals surface area contributed by atoms with Gasteiger partial charge in [-0.05, 0) is 25.0 Å². The number of nitrogens with zero attached hydrogens (tertiary/aromatic N) is 4. The molecule has 3 rings (SSSR count). The zero-order valence-electron chi connectivity index (χ0n) is 14.7. The third kappa shape index (κ3) is 3.72. The van der Waals surface area contributed by atoms with E-state index in [2.05, 4.69) is 4.98 Å². The van der Waals surface area contributed by atoms with Gasteiger partial charge in [0, 0.05) is 44.3 Å². The second kappa shape index (κ2) is 7.39. The molecule has 0 N–H and O–H groups in total. The second-order valence-electron chi connectivity index (χ2n) is 6.11. The highest BCUT2D eigenvalue weighted by molar-refractivity contribution is 7.91. The molecule has 1 aliphatic heterocycles. The lowest BCUT2D eigenvalue weighted by atomic mass is 10.4. The van der Waals surface area contributed by atoms with Gasteiger partial charge in [-0.1, -0.05) is 6.92 Å². The summed E-state index contributed by atoms with van der Waals surface area (Å²) in [5.74, 6) is 0. The van der Waals surface area contributed by atoms with Crippen molar-refractivity contribution in [1.29, 1.82) is 0 Å². The van der Waals surface area contributed by atoms with Crippen LogP contribution in [0.1, 0.15) is 18.2 Å². The molecular weight excluding hydrogens is 396 g/mol. The first-order valence-electron chi connectivity index (χ1n) is 8.32. The quantitative estimate of drug-likeness (QED) is 0.726. The van der Waals surface area contributed by atoms with Crippen LogP contribution in [0.15, 0.2) is 33.9 Å². The normalized spacial score (nSPS) is 18.1. The van der Waals surface area contributed by atoms with E-state index in [1.165, 1.54) is 32.5 Å². The Morgan fingerprint density at radius 3 is 2.23 bits per heavy atom. The molecule has 0 aromatic carbocycles. The smallest absolute Gasteiger partial charge is 0.262 e. The molecule has 0 unspecified atom stereocenters. The van der Waals surface area contributed by atoms with Crippen LogP contribution in [0.2, 0.25) is 0 Å². The van der Waals surface area contributed by atoms with E-state index >= 15 is 0 Å². The summed E-state index contributed by atoms with van der Waals surface area (Å²) in [4.78, 5) is 4.94. The van der Waals surface area contributed by atoms with Gasteiger partial charge in [-0.15, -0.1) is 11.3 Å². The molecule has 2 aromatic heterocycles. The Bertz CT molecular complexity index is 978. The maximum Gasteiger partial charge on any atom is 0.262 e. The lowest BCUT2D eigenvalue weighted by Crippen LogP contribution is -2.37. The van der Waals surface area contributed by atoms with E-state index in [0.717, 1.165) is 11.3 Å². The maximum atomic E-state index is 12.9. The van der Waals surface area contributed by atoms with Crippen LogP contribution in [0.3, 0.4) is 0 Å². The zero-order chi connectivity index (χ0) is 18.9. The molecule has 0 radical (unpaired) electrons. The standard InChI is InChI=1S/C15H22N4O4S3/c1-3-13-5-6-15(24-13)26(22,23)19-8-4-7-18(9-10-19)25(20,21)14-11-17(2)12-16-14/h5-6,11-12H,3-4,7-10H2,1-2H3. The second-order valence-corrected chi connectivity index (χ2v) is 11.3. The lowest BCUT2D eigenvalue weighted by molar-refractivity contribution is 0.404.